The van der Waals surface area contributed by atoms with E-state index < -0.39 is 0 Å². The predicted octanol–water partition coefficient (Wildman–Crippen LogP) is 5.57. The summed E-state index contributed by atoms with van der Waals surface area (Å²) in [6, 6.07) is 18.9. The predicted molar refractivity (Wildman–Crippen MR) is 116 cm³/mol. The average Bonchev–Trinajstić information content (AvgIpc) is 2.65. The highest BCUT2D eigenvalue weighted by Crippen LogP contribution is 2.26. The van der Waals surface area contributed by atoms with E-state index in [0.29, 0.717) is 21.3 Å². The molecule has 0 unspecified atom stereocenters. The third-order valence-electron chi connectivity index (χ3n) is 4.17. The van der Waals surface area contributed by atoms with Crippen LogP contribution in [0, 0.1) is 13.8 Å². The number of halogens is 1. The van der Waals surface area contributed by atoms with Gasteiger partial charge in [-0.05, 0) is 37.6 Å². The number of aliphatic hydroxyl groups is 1. The molecule has 3 nitrogen and oxygen atoms in total. The molecule has 5 heteroatoms. The minimum atomic E-state index is 0.0130. The van der Waals surface area contributed by atoms with Crippen LogP contribution in [-0.2, 0) is 0 Å². The van der Waals surface area contributed by atoms with Crippen molar-refractivity contribution < 1.29 is 9.67 Å². The van der Waals surface area contributed by atoms with Crippen LogP contribution in [-0.4, -0.2) is 10.1 Å². The third-order valence-corrected chi connectivity index (χ3v) is 4.80. The monoisotopic (exact) mass is 395 g/mol. The van der Waals surface area contributed by atoms with Gasteiger partial charge in [0.1, 0.15) is 0 Å². The number of hydrogen-bond acceptors (Lipinski definition) is 2. The summed E-state index contributed by atoms with van der Waals surface area (Å²) in [4.78, 5) is 0.399. The average molecular weight is 396 g/mol. The minimum absolute atomic E-state index is 0.0130. The number of thiocarbonyl (C=S) groups is 1. The summed E-state index contributed by atoms with van der Waals surface area (Å²) in [6.07, 6.45) is 3.66. The molecule has 0 aliphatic carbocycles. The summed E-state index contributed by atoms with van der Waals surface area (Å²) >= 11 is 11.9. The molecule has 136 valence electrons. The zero-order valence-corrected chi connectivity index (χ0v) is 16.7. The van der Waals surface area contributed by atoms with E-state index in [1.54, 1.807) is 16.7 Å². The lowest BCUT2D eigenvalue weighted by Crippen LogP contribution is -2.38. The topological polar surface area (TPSA) is 36.1 Å². The van der Waals surface area contributed by atoms with E-state index in [4.69, 9.17) is 23.8 Å². The van der Waals surface area contributed by atoms with E-state index in [1.165, 1.54) is 5.56 Å². The lowest BCUT2D eigenvalue weighted by molar-refractivity contribution is -0.575. The van der Waals surface area contributed by atoms with Gasteiger partial charge in [0.25, 0.3) is 5.70 Å². The number of aryl methyl sites for hydroxylation is 2. The lowest BCUT2D eigenvalue weighted by Gasteiger charge is -2.13. The number of benzene rings is 2. The molecular formula is C22H20ClN2OS+. The molecule has 0 spiro atoms. The summed E-state index contributed by atoms with van der Waals surface area (Å²) in [5, 5.41) is 14.7. The largest absolute Gasteiger partial charge is 0.502 e. The Kier molecular flexibility index (Phi) is 5.89. The Morgan fingerprint density at radius 2 is 1.70 bits per heavy atom. The van der Waals surface area contributed by atoms with Crippen molar-refractivity contribution in [2.24, 2.45) is 0 Å². The molecule has 2 N–H and O–H groups in total. The zero-order chi connectivity index (χ0) is 19.4. The normalized spacial score (nSPS) is 11.7. The van der Waals surface area contributed by atoms with Gasteiger partial charge in [-0.1, -0.05) is 59.7 Å². The van der Waals surface area contributed by atoms with Crippen molar-refractivity contribution in [1.82, 2.24) is 0 Å². The highest BCUT2D eigenvalue weighted by molar-refractivity contribution is 7.81. The fraction of sp³-hybridized carbons (Fsp3) is 0.0909. The minimum Gasteiger partial charge on any atom is -0.502 e. The maximum atomic E-state index is 11.0. The van der Waals surface area contributed by atoms with Gasteiger partial charge < -0.3 is 10.4 Å². The smallest absolute Gasteiger partial charge is 0.288 e. The van der Waals surface area contributed by atoms with Crippen LogP contribution in [0.2, 0.25) is 5.02 Å². The summed E-state index contributed by atoms with van der Waals surface area (Å²) in [6.45, 7) is 4.06. The van der Waals surface area contributed by atoms with E-state index in [2.05, 4.69) is 11.4 Å². The number of hydrogen-bond donors (Lipinski definition) is 2. The quantitative estimate of drug-likeness (QED) is 0.262. The van der Waals surface area contributed by atoms with Crippen LogP contribution in [0.15, 0.2) is 73.1 Å². The van der Waals surface area contributed by atoms with Gasteiger partial charge >= 0.3 is 0 Å². The summed E-state index contributed by atoms with van der Waals surface area (Å²) in [5.41, 5.74) is 4.13. The number of rotatable bonds is 4. The molecule has 1 heterocycles. The maximum absolute atomic E-state index is 11.0. The fourth-order valence-corrected chi connectivity index (χ4v) is 3.35. The number of nitrogens with one attached hydrogen (secondary N) is 1. The second-order valence-electron chi connectivity index (χ2n) is 6.23. The molecule has 0 saturated carbocycles. The Morgan fingerprint density at radius 3 is 2.37 bits per heavy atom. The molecule has 1 aromatic heterocycles. The molecule has 0 fully saturated rings. The first-order valence-electron chi connectivity index (χ1n) is 8.51. The molecule has 3 rings (SSSR count). The van der Waals surface area contributed by atoms with Gasteiger partial charge in [0.2, 0.25) is 5.76 Å². The van der Waals surface area contributed by atoms with Crippen molar-refractivity contribution in [2.75, 3.05) is 5.32 Å². The lowest BCUT2D eigenvalue weighted by atomic mass is 10.1. The van der Waals surface area contributed by atoms with Crippen LogP contribution in [0.25, 0.3) is 11.5 Å². The van der Waals surface area contributed by atoms with Gasteiger partial charge in [-0.15, -0.1) is 0 Å². The first-order valence-corrected chi connectivity index (χ1v) is 9.29. The zero-order valence-electron chi connectivity index (χ0n) is 15.1. The van der Waals surface area contributed by atoms with Gasteiger partial charge in [0.05, 0.1) is 5.02 Å². The second kappa shape index (κ2) is 8.33. The number of anilines is 1. The van der Waals surface area contributed by atoms with E-state index in [0.717, 1.165) is 11.3 Å². The van der Waals surface area contributed by atoms with Crippen molar-refractivity contribution in [1.29, 1.82) is 0 Å². The van der Waals surface area contributed by atoms with E-state index in [1.807, 2.05) is 68.7 Å². The highest BCUT2D eigenvalue weighted by atomic mass is 35.5. The number of nitrogens with zero attached hydrogens (tertiary/aromatic N) is 1. The van der Waals surface area contributed by atoms with Crippen molar-refractivity contribution in [3.63, 3.8) is 0 Å². The van der Waals surface area contributed by atoms with Crippen molar-refractivity contribution >= 4 is 46.0 Å². The third kappa shape index (κ3) is 4.35. The number of pyridine rings is 1. The standard InChI is InChI=1S/C22H19ClN2OS/c1-15-10-11-19(16(2)14-15)24-22(27)20(25-12-6-3-7-13-25)21(26)17-8-4-5-9-18(17)23/h3-14H,1-2H3,(H-,24,26,27)/p+1. The Labute approximate surface area is 169 Å². The van der Waals surface area contributed by atoms with Crippen LogP contribution in [0.1, 0.15) is 16.7 Å². The molecule has 0 bridgehead atoms. The Hall–Kier alpha value is -2.69. The van der Waals surface area contributed by atoms with Gasteiger partial charge in [0, 0.05) is 23.4 Å². The van der Waals surface area contributed by atoms with Gasteiger partial charge in [-0.2, -0.15) is 4.57 Å². The van der Waals surface area contributed by atoms with Crippen molar-refractivity contribution in [2.45, 2.75) is 13.8 Å². The Morgan fingerprint density at radius 1 is 1.00 bits per heavy atom. The number of aliphatic hydroxyl groups excluding tert-OH is 1. The van der Waals surface area contributed by atoms with Crippen molar-refractivity contribution in [3.8, 4) is 0 Å². The first-order chi connectivity index (χ1) is 13.0. The molecular weight excluding hydrogens is 376 g/mol. The molecule has 0 radical (unpaired) electrons. The van der Waals surface area contributed by atoms with Gasteiger partial charge in [-0.3, -0.25) is 0 Å². The second-order valence-corrected chi connectivity index (χ2v) is 7.05. The maximum Gasteiger partial charge on any atom is 0.288 e. The van der Waals surface area contributed by atoms with Crippen LogP contribution >= 0.6 is 23.8 Å². The van der Waals surface area contributed by atoms with E-state index >= 15 is 0 Å². The summed E-state index contributed by atoms with van der Waals surface area (Å²) in [5.74, 6) is 0.0130. The fourth-order valence-electron chi connectivity index (χ4n) is 2.81. The molecule has 3 aromatic rings. The molecule has 27 heavy (non-hydrogen) atoms. The van der Waals surface area contributed by atoms with Crippen LogP contribution < -0.4 is 9.88 Å². The molecule has 0 saturated heterocycles. The SMILES string of the molecule is Cc1ccc(NC(=S)C(=C(O)c2ccccc2Cl)[n+]2ccccc2)c(C)c1. The van der Waals surface area contributed by atoms with Crippen LogP contribution in [0.3, 0.4) is 0 Å². The van der Waals surface area contributed by atoms with Crippen LogP contribution in [0.4, 0.5) is 5.69 Å². The molecule has 0 atom stereocenters. The highest BCUT2D eigenvalue weighted by Gasteiger charge is 2.25. The molecule has 0 amide bonds. The molecule has 2 aromatic carbocycles. The van der Waals surface area contributed by atoms with Gasteiger partial charge in [-0.25, -0.2) is 0 Å². The summed E-state index contributed by atoms with van der Waals surface area (Å²) in [7, 11) is 0. The Bertz CT molecular complexity index is 1020. The van der Waals surface area contributed by atoms with Crippen molar-refractivity contribution in [3.05, 3.63) is 94.8 Å². The molecule has 0 aliphatic rings. The van der Waals surface area contributed by atoms with E-state index in [9.17, 15) is 5.11 Å². The first kappa shape index (κ1) is 19.1. The van der Waals surface area contributed by atoms with Gasteiger partial charge in [0.15, 0.2) is 17.4 Å². The van der Waals surface area contributed by atoms with E-state index in [-0.39, 0.29) is 5.76 Å². The Balaban J connectivity index is 2.09. The molecule has 0 aliphatic heterocycles. The number of aromatic nitrogens is 1. The summed E-state index contributed by atoms with van der Waals surface area (Å²) < 4.78 is 1.78. The van der Waals surface area contributed by atoms with Crippen LogP contribution in [0.5, 0.6) is 0 Å².